The molecule has 0 radical (unpaired) electrons. The summed E-state index contributed by atoms with van der Waals surface area (Å²) in [6, 6.07) is 0.283. The van der Waals surface area contributed by atoms with Crippen molar-refractivity contribution in [1.82, 2.24) is 14.7 Å². The topological polar surface area (TPSA) is 53.1 Å². The Kier molecular flexibility index (Phi) is 6.48. The van der Waals surface area contributed by atoms with Gasteiger partial charge in [0.25, 0.3) is 0 Å². The number of piperidine rings is 1. The second kappa shape index (κ2) is 8.68. The van der Waals surface area contributed by atoms with E-state index in [0.29, 0.717) is 13.0 Å². The van der Waals surface area contributed by atoms with Crippen molar-refractivity contribution in [3.63, 3.8) is 0 Å². The Morgan fingerprint density at radius 1 is 1.25 bits per heavy atom. The van der Waals surface area contributed by atoms with Crippen LogP contribution in [0.15, 0.2) is 23.4 Å². The molecule has 6 nitrogen and oxygen atoms in total. The molecule has 0 saturated carbocycles. The van der Waals surface area contributed by atoms with E-state index in [0.717, 1.165) is 57.6 Å². The third-order valence-electron chi connectivity index (χ3n) is 6.58. The van der Waals surface area contributed by atoms with Gasteiger partial charge in [0, 0.05) is 43.5 Å². The first-order valence-corrected chi connectivity index (χ1v) is 10.8. The van der Waals surface area contributed by atoms with Crippen molar-refractivity contribution in [2.45, 2.75) is 71.4 Å². The first kappa shape index (κ1) is 20.9. The fraction of sp³-hybridized carbons (Fsp3) is 0.727. The molecule has 0 spiro atoms. The summed E-state index contributed by atoms with van der Waals surface area (Å²) in [5, 5.41) is 0. The van der Waals surface area contributed by atoms with E-state index in [2.05, 4.69) is 29.7 Å². The van der Waals surface area contributed by atoms with E-state index in [9.17, 15) is 9.59 Å². The van der Waals surface area contributed by atoms with Gasteiger partial charge in [-0.1, -0.05) is 13.0 Å². The van der Waals surface area contributed by atoms with Crippen LogP contribution in [0.4, 0.5) is 4.79 Å². The van der Waals surface area contributed by atoms with Crippen LogP contribution in [0.5, 0.6) is 0 Å². The van der Waals surface area contributed by atoms with E-state index in [1.807, 2.05) is 24.8 Å². The minimum absolute atomic E-state index is 0.00329. The lowest BCUT2D eigenvalue weighted by atomic mass is 9.93. The summed E-state index contributed by atoms with van der Waals surface area (Å²) in [4.78, 5) is 31.2. The predicted molar refractivity (Wildman–Crippen MR) is 110 cm³/mol. The SMILES string of the molecule is C/C=C\C1=C(CC)CC(=O)N1C1CCN(C2(C)CCN(C(=O)OCC)C2)CC1. The summed E-state index contributed by atoms with van der Waals surface area (Å²) in [6.07, 6.45) is 8.39. The zero-order valence-electron chi connectivity index (χ0n) is 17.9. The van der Waals surface area contributed by atoms with Crippen LogP contribution in [-0.4, -0.2) is 71.1 Å². The lowest BCUT2D eigenvalue weighted by molar-refractivity contribution is -0.129. The van der Waals surface area contributed by atoms with E-state index >= 15 is 0 Å². The van der Waals surface area contributed by atoms with Crippen molar-refractivity contribution >= 4 is 12.0 Å². The van der Waals surface area contributed by atoms with Crippen LogP contribution in [0.2, 0.25) is 0 Å². The second-order valence-corrected chi connectivity index (χ2v) is 8.37. The van der Waals surface area contributed by atoms with Crippen LogP contribution < -0.4 is 0 Å². The number of hydrogen-bond donors (Lipinski definition) is 0. The molecule has 2 fully saturated rings. The minimum atomic E-state index is -0.197. The van der Waals surface area contributed by atoms with Gasteiger partial charge in [-0.2, -0.15) is 0 Å². The number of rotatable bonds is 5. The first-order chi connectivity index (χ1) is 13.4. The van der Waals surface area contributed by atoms with Crippen LogP contribution in [0.3, 0.4) is 0 Å². The summed E-state index contributed by atoms with van der Waals surface area (Å²) in [7, 11) is 0. The van der Waals surface area contributed by atoms with Crippen LogP contribution in [0.1, 0.15) is 59.8 Å². The second-order valence-electron chi connectivity index (χ2n) is 8.37. The molecule has 156 valence electrons. The predicted octanol–water partition coefficient (Wildman–Crippen LogP) is 3.54. The van der Waals surface area contributed by atoms with Gasteiger partial charge in [-0.05, 0) is 58.1 Å². The number of nitrogens with zero attached hydrogens (tertiary/aromatic N) is 3. The number of likely N-dealkylation sites (tertiary alicyclic amines) is 2. The molecule has 3 heterocycles. The molecule has 0 N–H and O–H groups in total. The highest BCUT2D eigenvalue weighted by atomic mass is 16.6. The van der Waals surface area contributed by atoms with Crippen LogP contribution >= 0.6 is 0 Å². The molecule has 3 aliphatic rings. The fourth-order valence-electron chi connectivity index (χ4n) is 4.96. The Balaban J connectivity index is 1.62. The summed E-state index contributed by atoms with van der Waals surface area (Å²) in [5.41, 5.74) is 2.40. The lowest BCUT2D eigenvalue weighted by Gasteiger charge is -2.44. The molecule has 3 aliphatic heterocycles. The molecule has 0 aromatic carbocycles. The van der Waals surface area contributed by atoms with Gasteiger partial charge in [0.2, 0.25) is 5.91 Å². The van der Waals surface area contributed by atoms with Crippen LogP contribution in [-0.2, 0) is 9.53 Å². The summed E-state index contributed by atoms with van der Waals surface area (Å²) in [5.74, 6) is 0.254. The van der Waals surface area contributed by atoms with E-state index in [1.54, 1.807) is 0 Å². The van der Waals surface area contributed by atoms with Gasteiger partial charge in [-0.25, -0.2) is 4.79 Å². The van der Waals surface area contributed by atoms with Crippen molar-refractivity contribution in [2.24, 2.45) is 0 Å². The molecule has 0 aromatic heterocycles. The number of hydrogen-bond acceptors (Lipinski definition) is 4. The maximum absolute atomic E-state index is 12.7. The number of ether oxygens (including phenoxy) is 1. The molecule has 0 aliphatic carbocycles. The van der Waals surface area contributed by atoms with Gasteiger partial charge in [0.15, 0.2) is 0 Å². The molecule has 6 heteroatoms. The van der Waals surface area contributed by atoms with Crippen molar-refractivity contribution in [1.29, 1.82) is 0 Å². The molecule has 1 atom stereocenters. The Bertz CT molecular complexity index is 664. The standard InChI is InChI=1S/C22H35N3O3/c1-5-8-19-17(6-2)15-20(26)25(19)18-9-12-24(13-10-18)22(4)11-14-23(16-22)21(27)28-7-3/h5,8,18H,6-7,9-16H2,1-4H3/b8-5-. The van der Waals surface area contributed by atoms with Gasteiger partial charge in [0.1, 0.15) is 0 Å². The maximum atomic E-state index is 12.7. The molecule has 1 unspecified atom stereocenters. The third-order valence-corrected chi connectivity index (χ3v) is 6.58. The molecule has 0 bridgehead atoms. The summed E-state index contributed by atoms with van der Waals surface area (Å²) >= 11 is 0. The highest BCUT2D eigenvalue weighted by Crippen LogP contribution is 2.36. The molecule has 28 heavy (non-hydrogen) atoms. The molecule has 2 amide bonds. The van der Waals surface area contributed by atoms with Gasteiger partial charge in [0.05, 0.1) is 13.0 Å². The Morgan fingerprint density at radius 3 is 2.57 bits per heavy atom. The van der Waals surface area contributed by atoms with Gasteiger partial charge in [-0.3, -0.25) is 9.69 Å². The largest absolute Gasteiger partial charge is 0.450 e. The zero-order valence-corrected chi connectivity index (χ0v) is 17.9. The summed E-state index contributed by atoms with van der Waals surface area (Å²) < 4.78 is 5.17. The monoisotopic (exact) mass is 389 g/mol. The smallest absolute Gasteiger partial charge is 0.409 e. The van der Waals surface area contributed by atoms with Crippen LogP contribution in [0.25, 0.3) is 0 Å². The van der Waals surface area contributed by atoms with E-state index in [-0.39, 0.29) is 23.6 Å². The normalized spacial score (nSPS) is 27.5. The number of carbonyl (C=O) groups excluding carboxylic acids is 2. The third kappa shape index (κ3) is 3.97. The van der Waals surface area contributed by atoms with Crippen LogP contribution in [0, 0.1) is 0 Å². The van der Waals surface area contributed by atoms with Gasteiger partial charge in [-0.15, -0.1) is 0 Å². The highest BCUT2D eigenvalue weighted by molar-refractivity contribution is 5.85. The maximum Gasteiger partial charge on any atom is 0.409 e. The average Bonchev–Trinajstić information content (AvgIpc) is 3.24. The summed E-state index contributed by atoms with van der Waals surface area (Å²) in [6.45, 7) is 12.1. The average molecular weight is 390 g/mol. The van der Waals surface area contributed by atoms with E-state index < -0.39 is 0 Å². The highest BCUT2D eigenvalue weighted by Gasteiger charge is 2.44. The molecule has 0 aromatic rings. The van der Waals surface area contributed by atoms with Crippen molar-refractivity contribution in [3.8, 4) is 0 Å². The molecular weight excluding hydrogens is 354 g/mol. The van der Waals surface area contributed by atoms with E-state index in [1.165, 1.54) is 5.57 Å². The number of allylic oxidation sites excluding steroid dienone is 2. The van der Waals surface area contributed by atoms with E-state index in [4.69, 9.17) is 4.74 Å². The van der Waals surface area contributed by atoms with Crippen molar-refractivity contribution in [2.75, 3.05) is 32.8 Å². The Labute approximate surface area is 169 Å². The Morgan fingerprint density at radius 2 is 1.96 bits per heavy atom. The lowest BCUT2D eigenvalue weighted by Crippen LogP contribution is -2.55. The molecular formula is C22H35N3O3. The Hall–Kier alpha value is -1.82. The van der Waals surface area contributed by atoms with Crippen molar-refractivity contribution < 1.29 is 14.3 Å². The van der Waals surface area contributed by atoms with Crippen molar-refractivity contribution in [3.05, 3.63) is 23.4 Å². The van der Waals surface area contributed by atoms with Gasteiger partial charge < -0.3 is 14.5 Å². The molecule has 3 rings (SSSR count). The first-order valence-electron chi connectivity index (χ1n) is 10.8. The quantitative estimate of drug-likeness (QED) is 0.722. The minimum Gasteiger partial charge on any atom is -0.450 e. The zero-order chi connectivity index (χ0) is 20.3. The number of amides is 2. The molecule has 2 saturated heterocycles. The van der Waals surface area contributed by atoms with Gasteiger partial charge >= 0.3 is 6.09 Å². The number of carbonyl (C=O) groups is 2. The fourth-order valence-corrected chi connectivity index (χ4v) is 4.96.